The number of benzene rings is 2. The van der Waals surface area contributed by atoms with Crippen LogP contribution in [0.5, 0.6) is 0 Å². The van der Waals surface area contributed by atoms with Crippen molar-refractivity contribution in [1.82, 2.24) is 0 Å². The number of hydrogen-bond acceptors (Lipinski definition) is 6. The maximum atomic E-state index is 4.39. The van der Waals surface area contributed by atoms with Gasteiger partial charge in [0.1, 0.15) is 23.8 Å². The van der Waals surface area contributed by atoms with E-state index in [1.54, 1.807) is 22.7 Å². The monoisotopic (exact) mass is 532 g/mol. The summed E-state index contributed by atoms with van der Waals surface area (Å²) in [7, 11) is 0. The highest BCUT2D eigenvalue weighted by Gasteiger charge is 2.10. The molecule has 0 aliphatic carbocycles. The van der Waals surface area contributed by atoms with E-state index in [2.05, 4.69) is 92.0 Å². The summed E-state index contributed by atoms with van der Waals surface area (Å²) in [5.74, 6) is 0. The normalized spacial score (nSPS) is 11.7. The number of aromatic nitrogens is 2. The predicted octanol–water partition coefficient (Wildman–Crippen LogP) is 8.99. The van der Waals surface area contributed by atoms with Gasteiger partial charge in [0.15, 0.2) is 0 Å². The topological polar surface area (TPSA) is 57.2 Å². The molecule has 8 heteroatoms. The van der Waals surface area contributed by atoms with Crippen molar-refractivity contribution in [1.29, 1.82) is 0 Å². The molecule has 192 valence electrons. The quantitative estimate of drug-likeness (QED) is 0.0884. The first-order valence-corrected chi connectivity index (χ1v) is 15.0. The molecule has 0 fully saturated rings. The SMILES string of the molecule is CC[n+]1ccsc1N=Nc1ccc(CCCCCCCc2ccc(N=Nc3scc[n+]3CC)cc2)cc1. The van der Waals surface area contributed by atoms with Crippen LogP contribution < -0.4 is 9.13 Å². The van der Waals surface area contributed by atoms with Gasteiger partial charge in [0.2, 0.25) is 0 Å². The van der Waals surface area contributed by atoms with E-state index < -0.39 is 0 Å². The Kier molecular flexibility index (Phi) is 10.6. The van der Waals surface area contributed by atoms with Gasteiger partial charge >= 0.3 is 10.3 Å². The zero-order valence-electron chi connectivity index (χ0n) is 21.8. The Morgan fingerprint density at radius 3 is 1.35 bits per heavy atom. The van der Waals surface area contributed by atoms with Crippen LogP contribution in [0.25, 0.3) is 0 Å². The summed E-state index contributed by atoms with van der Waals surface area (Å²) in [6.45, 7) is 6.05. The van der Waals surface area contributed by atoms with Crippen LogP contribution in [0.3, 0.4) is 0 Å². The standard InChI is InChI=1S/C29H36N6S2/c1-3-34-20-22-36-28(34)32-30-26-16-12-24(13-17-26)10-8-6-5-7-9-11-25-14-18-27(19-15-25)31-33-29-35(4-2)21-23-37-29/h12-23H,3-11H2,1-2H3/q+2. The van der Waals surface area contributed by atoms with Gasteiger partial charge in [0, 0.05) is 10.8 Å². The Hall–Kier alpha value is -3.10. The summed E-state index contributed by atoms with van der Waals surface area (Å²) < 4.78 is 4.20. The minimum Gasteiger partial charge on any atom is -0.219 e. The molecule has 0 spiro atoms. The summed E-state index contributed by atoms with van der Waals surface area (Å²) in [6, 6.07) is 17.0. The zero-order chi connectivity index (χ0) is 25.7. The lowest BCUT2D eigenvalue weighted by atomic mass is 10.0. The van der Waals surface area contributed by atoms with Crippen LogP contribution in [0.2, 0.25) is 0 Å². The highest BCUT2D eigenvalue weighted by Crippen LogP contribution is 2.22. The molecule has 0 aliphatic heterocycles. The van der Waals surface area contributed by atoms with E-state index in [-0.39, 0.29) is 0 Å². The van der Waals surface area contributed by atoms with Crippen molar-refractivity contribution in [3.05, 3.63) is 82.8 Å². The van der Waals surface area contributed by atoms with Crippen molar-refractivity contribution >= 4 is 44.3 Å². The van der Waals surface area contributed by atoms with Gasteiger partial charge < -0.3 is 0 Å². The number of aryl methyl sites for hydroxylation is 4. The highest BCUT2D eigenvalue weighted by molar-refractivity contribution is 7.13. The van der Waals surface area contributed by atoms with Gasteiger partial charge in [-0.3, -0.25) is 0 Å². The minimum atomic E-state index is 0.906. The first-order valence-electron chi connectivity index (χ1n) is 13.2. The lowest BCUT2D eigenvalue weighted by molar-refractivity contribution is -0.677. The molecule has 0 atom stereocenters. The van der Waals surface area contributed by atoms with Gasteiger partial charge in [-0.1, -0.05) is 43.5 Å². The Labute approximate surface area is 228 Å². The molecule has 2 aromatic heterocycles. The van der Waals surface area contributed by atoms with Crippen molar-refractivity contribution < 1.29 is 9.13 Å². The molecular weight excluding hydrogens is 496 g/mol. The predicted molar refractivity (Wildman–Crippen MR) is 152 cm³/mol. The molecule has 37 heavy (non-hydrogen) atoms. The van der Waals surface area contributed by atoms with E-state index in [1.165, 1.54) is 43.2 Å². The lowest BCUT2D eigenvalue weighted by Gasteiger charge is -2.04. The number of azo groups is 2. The second-order valence-electron chi connectivity index (χ2n) is 8.94. The molecule has 0 saturated heterocycles. The van der Waals surface area contributed by atoms with Crippen LogP contribution in [-0.2, 0) is 25.9 Å². The summed E-state index contributed by atoms with van der Waals surface area (Å²) in [4.78, 5) is 0. The first-order chi connectivity index (χ1) is 18.2. The van der Waals surface area contributed by atoms with Crippen LogP contribution >= 0.6 is 22.7 Å². The van der Waals surface area contributed by atoms with Gasteiger partial charge in [0.25, 0.3) is 0 Å². The minimum absolute atomic E-state index is 0.906. The maximum Gasteiger partial charge on any atom is 0.408 e. The van der Waals surface area contributed by atoms with Crippen LogP contribution in [0.4, 0.5) is 21.6 Å². The third kappa shape index (κ3) is 8.47. The fourth-order valence-electron chi connectivity index (χ4n) is 4.08. The number of thiazole rings is 2. The molecule has 4 aromatic rings. The van der Waals surface area contributed by atoms with E-state index in [0.717, 1.165) is 47.6 Å². The van der Waals surface area contributed by atoms with Gasteiger partial charge in [-0.05, 0) is 108 Å². The Balaban J connectivity index is 1.09. The van der Waals surface area contributed by atoms with Crippen molar-refractivity contribution in [2.75, 3.05) is 0 Å². The largest absolute Gasteiger partial charge is 0.408 e. The number of hydrogen-bond donors (Lipinski definition) is 0. The third-order valence-electron chi connectivity index (χ3n) is 6.31. The van der Waals surface area contributed by atoms with E-state index in [0.29, 0.717) is 0 Å². The van der Waals surface area contributed by atoms with Gasteiger partial charge in [0.05, 0.1) is 23.3 Å². The maximum absolute atomic E-state index is 4.39. The highest BCUT2D eigenvalue weighted by atomic mass is 32.1. The van der Waals surface area contributed by atoms with Crippen LogP contribution in [0.1, 0.15) is 57.1 Å². The Morgan fingerprint density at radius 1 is 0.541 bits per heavy atom. The average molecular weight is 533 g/mol. The molecule has 2 aromatic carbocycles. The van der Waals surface area contributed by atoms with E-state index in [1.807, 2.05) is 23.2 Å². The van der Waals surface area contributed by atoms with Gasteiger partial charge in [-0.25, -0.2) is 9.13 Å². The van der Waals surface area contributed by atoms with Crippen molar-refractivity contribution in [3.63, 3.8) is 0 Å². The first kappa shape index (κ1) is 26.9. The van der Waals surface area contributed by atoms with Crippen LogP contribution in [0.15, 0.2) is 92.1 Å². The van der Waals surface area contributed by atoms with E-state index in [4.69, 9.17) is 0 Å². The van der Waals surface area contributed by atoms with Crippen molar-refractivity contribution in [2.24, 2.45) is 20.5 Å². The summed E-state index contributed by atoms with van der Waals surface area (Å²) in [5.41, 5.74) is 4.56. The summed E-state index contributed by atoms with van der Waals surface area (Å²) in [5, 5.41) is 23.5. The number of unbranched alkanes of at least 4 members (excludes halogenated alkanes) is 4. The average Bonchev–Trinajstić information content (AvgIpc) is 3.60. The molecule has 0 bridgehead atoms. The van der Waals surface area contributed by atoms with E-state index in [9.17, 15) is 0 Å². The lowest BCUT2D eigenvalue weighted by Crippen LogP contribution is -2.28. The molecule has 0 N–H and O–H groups in total. The molecule has 2 heterocycles. The third-order valence-corrected chi connectivity index (χ3v) is 7.88. The molecule has 0 saturated carbocycles. The number of rotatable bonds is 14. The van der Waals surface area contributed by atoms with Crippen molar-refractivity contribution in [3.8, 4) is 0 Å². The Bertz CT molecular complexity index is 1170. The molecular formula is C29H36N6S2+2. The number of nitrogens with zero attached hydrogens (tertiary/aromatic N) is 6. The summed E-state index contributed by atoms with van der Waals surface area (Å²) in [6.07, 6.45) is 12.6. The molecule has 6 nitrogen and oxygen atoms in total. The van der Waals surface area contributed by atoms with Gasteiger partial charge in [-0.15, -0.1) is 0 Å². The molecule has 0 unspecified atom stereocenters. The Morgan fingerprint density at radius 2 is 0.946 bits per heavy atom. The van der Waals surface area contributed by atoms with Gasteiger partial charge in [-0.2, -0.15) is 0 Å². The summed E-state index contributed by atoms with van der Waals surface area (Å²) >= 11 is 3.22. The van der Waals surface area contributed by atoms with E-state index >= 15 is 0 Å². The molecule has 0 radical (unpaired) electrons. The van der Waals surface area contributed by atoms with Crippen molar-refractivity contribution in [2.45, 2.75) is 71.9 Å². The van der Waals surface area contributed by atoms with Crippen LogP contribution in [-0.4, -0.2) is 0 Å². The fourth-order valence-corrected chi connectivity index (χ4v) is 5.57. The zero-order valence-corrected chi connectivity index (χ0v) is 23.4. The second kappa shape index (κ2) is 14.6. The smallest absolute Gasteiger partial charge is 0.219 e. The molecule has 0 aliphatic rings. The second-order valence-corrected chi connectivity index (χ2v) is 10.7. The molecule has 0 amide bonds. The van der Waals surface area contributed by atoms with Crippen LogP contribution in [0, 0.1) is 0 Å². The molecule has 4 rings (SSSR count). The fraction of sp³-hybridized carbons (Fsp3) is 0.379.